The maximum Gasteiger partial charge on any atom is 0.253 e. The van der Waals surface area contributed by atoms with Gasteiger partial charge in [0.25, 0.3) is 5.56 Å². The van der Waals surface area contributed by atoms with Gasteiger partial charge in [-0.2, -0.15) is 0 Å². The number of aromatic amines is 1. The van der Waals surface area contributed by atoms with Crippen LogP contribution in [0.5, 0.6) is 0 Å². The molecule has 0 unspecified atom stereocenters. The Balaban J connectivity index is 2.06. The molecular formula is C12H13N7OS. The number of nitrogens with zero attached hydrogens (tertiary/aromatic N) is 4. The van der Waals surface area contributed by atoms with Gasteiger partial charge < -0.3 is 20.4 Å². The molecule has 3 heterocycles. The Morgan fingerprint density at radius 3 is 3.10 bits per heavy atom. The molecule has 0 aliphatic heterocycles. The summed E-state index contributed by atoms with van der Waals surface area (Å²) in [5.41, 5.74) is 5.97. The second kappa shape index (κ2) is 5.44. The second-order valence-electron chi connectivity index (χ2n) is 4.20. The molecule has 3 aromatic heterocycles. The first-order valence-electron chi connectivity index (χ1n) is 6.28. The van der Waals surface area contributed by atoms with E-state index < -0.39 is 0 Å². The molecule has 0 radical (unpaired) electrons. The predicted octanol–water partition coefficient (Wildman–Crippen LogP) is 0.978. The average Bonchev–Trinajstić information content (AvgIpc) is 2.86. The summed E-state index contributed by atoms with van der Waals surface area (Å²) in [6.07, 6.45) is 5.37. The summed E-state index contributed by atoms with van der Waals surface area (Å²) in [7, 11) is 0. The van der Waals surface area contributed by atoms with Crippen LogP contribution in [0.25, 0.3) is 5.65 Å². The molecule has 0 aliphatic rings. The second-order valence-corrected chi connectivity index (χ2v) is 5.17. The fourth-order valence-electron chi connectivity index (χ4n) is 1.83. The van der Waals surface area contributed by atoms with Crippen LogP contribution >= 0.6 is 11.8 Å². The number of H-pyrrole nitrogens is 1. The van der Waals surface area contributed by atoms with Crippen LogP contribution in [0.1, 0.15) is 6.92 Å². The van der Waals surface area contributed by atoms with Gasteiger partial charge in [0.15, 0.2) is 10.8 Å². The van der Waals surface area contributed by atoms with E-state index in [9.17, 15) is 4.79 Å². The molecule has 0 spiro atoms. The third-order valence-electron chi connectivity index (χ3n) is 2.63. The number of hydrogen-bond acceptors (Lipinski definition) is 7. The first-order valence-corrected chi connectivity index (χ1v) is 7.09. The maximum absolute atomic E-state index is 11.4. The lowest BCUT2D eigenvalue weighted by molar-refractivity contribution is 0.936. The summed E-state index contributed by atoms with van der Waals surface area (Å²) in [4.78, 5) is 26.9. The number of anilines is 2. The van der Waals surface area contributed by atoms with Crippen LogP contribution in [0, 0.1) is 0 Å². The molecule has 3 rings (SSSR count). The number of nitrogens with one attached hydrogen (secondary N) is 2. The normalized spacial score (nSPS) is 10.9. The van der Waals surface area contributed by atoms with Crippen LogP contribution in [0.4, 0.5) is 11.6 Å². The van der Waals surface area contributed by atoms with Crippen molar-refractivity contribution in [3.63, 3.8) is 0 Å². The Hall–Kier alpha value is -2.55. The van der Waals surface area contributed by atoms with Crippen LogP contribution < -0.4 is 16.6 Å². The van der Waals surface area contributed by atoms with Gasteiger partial charge in [0.1, 0.15) is 16.7 Å². The van der Waals surface area contributed by atoms with Crippen molar-refractivity contribution in [3.05, 3.63) is 35.0 Å². The Bertz CT molecular complexity index is 841. The van der Waals surface area contributed by atoms with Crippen molar-refractivity contribution in [1.82, 2.24) is 24.3 Å². The van der Waals surface area contributed by atoms with Gasteiger partial charge in [-0.3, -0.25) is 4.79 Å². The van der Waals surface area contributed by atoms with E-state index in [0.717, 1.165) is 12.4 Å². The van der Waals surface area contributed by atoms with Crippen molar-refractivity contribution in [2.24, 2.45) is 0 Å². The van der Waals surface area contributed by atoms with E-state index in [1.165, 1.54) is 17.8 Å². The van der Waals surface area contributed by atoms with Crippen LogP contribution in [0.3, 0.4) is 0 Å². The van der Waals surface area contributed by atoms with Gasteiger partial charge in [-0.25, -0.2) is 15.0 Å². The van der Waals surface area contributed by atoms with E-state index >= 15 is 0 Å². The number of aromatic nitrogens is 5. The highest BCUT2D eigenvalue weighted by Crippen LogP contribution is 2.27. The van der Waals surface area contributed by atoms with Crippen molar-refractivity contribution in [1.29, 1.82) is 0 Å². The van der Waals surface area contributed by atoms with Crippen molar-refractivity contribution in [2.45, 2.75) is 17.1 Å². The van der Waals surface area contributed by atoms with Crippen molar-refractivity contribution in [2.75, 3.05) is 17.6 Å². The molecule has 21 heavy (non-hydrogen) atoms. The molecule has 9 heteroatoms. The Morgan fingerprint density at radius 1 is 1.48 bits per heavy atom. The molecular weight excluding hydrogens is 290 g/mol. The van der Waals surface area contributed by atoms with Crippen LogP contribution in [0.2, 0.25) is 0 Å². The van der Waals surface area contributed by atoms with Gasteiger partial charge in [-0.05, 0) is 18.7 Å². The Kier molecular flexibility index (Phi) is 3.48. The average molecular weight is 303 g/mol. The van der Waals surface area contributed by atoms with Crippen LogP contribution in [-0.4, -0.2) is 30.9 Å². The van der Waals surface area contributed by atoms with Gasteiger partial charge in [0.2, 0.25) is 0 Å². The summed E-state index contributed by atoms with van der Waals surface area (Å²) in [5.74, 6) is 0.889. The first kappa shape index (κ1) is 13.4. The van der Waals surface area contributed by atoms with E-state index in [0.29, 0.717) is 15.8 Å². The number of imidazole rings is 1. The third-order valence-corrected chi connectivity index (χ3v) is 3.49. The molecule has 4 N–H and O–H groups in total. The molecule has 0 atom stereocenters. The third kappa shape index (κ3) is 2.82. The highest BCUT2D eigenvalue weighted by Gasteiger charge is 2.11. The van der Waals surface area contributed by atoms with Gasteiger partial charge in [0, 0.05) is 25.0 Å². The molecule has 0 saturated heterocycles. The summed E-state index contributed by atoms with van der Waals surface area (Å²) in [5, 5.41) is 4.16. The number of fused-ring (bicyclic) bond motifs is 1. The fourth-order valence-corrected chi connectivity index (χ4v) is 2.71. The monoisotopic (exact) mass is 303 g/mol. The van der Waals surface area contributed by atoms with Crippen molar-refractivity contribution >= 4 is 29.0 Å². The highest BCUT2D eigenvalue weighted by molar-refractivity contribution is 7.99. The van der Waals surface area contributed by atoms with Crippen LogP contribution in [0.15, 0.2) is 39.6 Å². The lowest BCUT2D eigenvalue weighted by Crippen LogP contribution is -2.09. The Morgan fingerprint density at radius 2 is 2.33 bits per heavy atom. The van der Waals surface area contributed by atoms with Crippen molar-refractivity contribution in [3.8, 4) is 0 Å². The molecule has 0 aromatic carbocycles. The first-order chi connectivity index (χ1) is 10.2. The molecule has 0 saturated carbocycles. The number of nitrogens with two attached hydrogens (primary N) is 1. The largest absolute Gasteiger partial charge is 0.383 e. The molecule has 3 aromatic rings. The molecule has 0 bridgehead atoms. The lowest BCUT2D eigenvalue weighted by atomic mass is 10.6. The highest BCUT2D eigenvalue weighted by atomic mass is 32.2. The number of nitrogen functional groups attached to an aromatic ring is 1. The molecule has 0 amide bonds. The van der Waals surface area contributed by atoms with Crippen LogP contribution in [-0.2, 0) is 0 Å². The summed E-state index contributed by atoms with van der Waals surface area (Å²) in [6.45, 7) is 2.74. The maximum atomic E-state index is 11.4. The zero-order chi connectivity index (χ0) is 14.8. The number of hydrogen-bond donors (Lipinski definition) is 3. The smallest absolute Gasteiger partial charge is 0.253 e. The molecule has 0 fully saturated rings. The van der Waals surface area contributed by atoms with E-state index in [1.807, 2.05) is 23.7 Å². The van der Waals surface area contributed by atoms with Gasteiger partial charge in [-0.15, -0.1) is 0 Å². The minimum Gasteiger partial charge on any atom is -0.383 e. The molecule has 0 aliphatic carbocycles. The number of rotatable bonds is 4. The summed E-state index contributed by atoms with van der Waals surface area (Å²) >= 11 is 1.21. The van der Waals surface area contributed by atoms with E-state index in [-0.39, 0.29) is 11.4 Å². The van der Waals surface area contributed by atoms with E-state index in [2.05, 4.69) is 25.3 Å². The van der Waals surface area contributed by atoms with Gasteiger partial charge >= 0.3 is 0 Å². The molecule has 8 nitrogen and oxygen atoms in total. The van der Waals surface area contributed by atoms with Gasteiger partial charge in [0.05, 0.1) is 6.20 Å². The standard InChI is InChI=1S/C12H13N7OS/c1-2-14-8-6-19-4-3-15-10(19)11(17-8)21-12-16-7(13)5-9(20)18-12/h3-6,14H,2H2,1H3,(H3,13,16,18,20). The van der Waals surface area contributed by atoms with Gasteiger partial charge in [-0.1, -0.05) is 0 Å². The SMILES string of the molecule is CCNc1cn2ccnc2c(Sc2nc(N)cc(=O)[nH]2)n1. The van der Waals surface area contributed by atoms with Crippen molar-refractivity contribution < 1.29 is 0 Å². The molecule has 108 valence electrons. The quantitative estimate of drug-likeness (QED) is 0.615. The zero-order valence-corrected chi connectivity index (χ0v) is 12.0. The lowest BCUT2D eigenvalue weighted by Gasteiger charge is -2.07. The minimum atomic E-state index is -0.299. The summed E-state index contributed by atoms with van der Waals surface area (Å²) < 4.78 is 1.86. The van der Waals surface area contributed by atoms with E-state index in [1.54, 1.807) is 6.20 Å². The summed E-state index contributed by atoms with van der Waals surface area (Å²) in [6, 6.07) is 1.23. The minimum absolute atomic E-state index is 0.170. The predicted molar refractivity (Wildman–Crippen MR) is 80.5 cm³/mol. The Labute approximate surface area is 123 Å². The zero-order valence-electron chi connectivity index (χ0n) is 11.2. The topological polar surface area (TPSA) is 114 Å². The van der Waals surface area contributed by atoms with E-state index in [4.69, 9.17) is 5.73 Å². The fraction of sp³-hybridized carbons (Fsp3) is 0.167.